The van der Waals surface area contributed by atoms with Crippen molar-refractivity contribution in [3.8, 4) is 0 Å². The van der Waals surface area contributed by atoms with E-state index in [1.165, 1.54) is 12.8 Å². The minimum Gasteiger partial charge on any atom is -0.371 e. The van der Waals surface area contributed by atoms with Crippen LogP contribution in [-0.4, -0.2) is 17.5 Å². The number of rotatable bonds is 0. The van der Waals surface area contributed by atoms with Crippen LogP contribution < -0.4 is 0 Å². The highest BCUT2D eigenvalue weighted by Gasteiger charge is 2.67. The van der Waals surface area contributed by atoms with Gasteiger partial charge >= 0.3 is 0 Å². The van der Waals surface area contributed by atoms with Gasteiger partial charge in [-0.25, -0.2) is 0 Å². The predicted octanol–water partition coefficient (Wildman–Crippen LogP) is 2.09. The van der Waals surface area contributed by atoms with Gasteiger partial charge in [0.05, 0.1) is 11.7 Å². The van der Waals surface area contributed by atoms with E-state index < -0.39 is 0 Å². The van der Waals surface area contributed by atoms with Crippen molar-refractivity contribution < 1.29 is 9.53 Å². The van der Waals surface area contributed by atoms with Gasteiger partial charge in [0, 0.05) is 12.3 Å². The van der Waals surface area contributed by atoms with Crippen molar-refractivity contribution in [1.82, 2.24) is 0 Å². The topological polar surface area (TPSA) is 26.3 Å². The molecule has 0 radical (unpaired) electrons. The van der Waals surface area contributed by atoms with E-state index in [1.54, 1.807) is 0 Å². The summed E-state index contributed by atoms with van der Waals surface area (Å²) in [5.74, 6) is 1.53. The van der Waals surface area contributed by atoms with Crippen molar-refractivity contribution in [1.29, 1.82) is 0 Å². The van der Waals surface area contributed by atoms with Crippen molar-refractivity contribution in [2.45, 2.75) is 44.3 Å². The number of ketones is 1. The zero-order valence-electron chi connectivity index (χ0n) is 9.03. The lowest BCUT2D eigenvalue weighted by atomic mass is 9.62. The molecular formula is C13H16O2. The summed E-state index contributed by atoms with van der Waals surface area (Å²) in [5, 5.41) is 0. The van der Waals surface area contributed by atoms with Gasteiger partial charge in [-0.3, -0.25) is 4.79 Å². The minimum atomic E-state index is 0.131. The summed E-state index contributed by atoms with van der Waals surface area (Å²) in [4.78, 5) is 11.5. The molecule has 2 heterocycles. The summed E-state index contributed by atoms with van der Waals surface area (Å²) in [7, 11) is 0. The van der Waals surface area contributed by atoms with Crippen LogP contribution in [0.25, 0.3) is 0 Å². The molecule has 1 spiro atoms. The Balaban J connectivity index is 1.86. The number of ether oxygens (including phenoxy) is 1. The fourth-order valence-corrected chi connectivity index (χ4v) is 4.72. The number of hydrogen-bond acceptors (Lipinski definition) is 2. The molecule has 2 saturated carbocycles. The molecule has 0 amide bonds. The molecule has 2 aliphatic heterocycles. The number of carbonyl (C=O) groups is 1. The second-order valence-electron chi connectivity index (χ2n) is 6.13. The van der Waals surface area contributed by atoms with Crippen LogP contribution in [0.2, 0.25) is 0 Å². The first kappa shape index (κ1) is 8.51. The van der Waals surface area contributed by atoms with E-state index in [9.17, 15) is 4.79 Å². The largest absolute Gasteiger partial charge is 0.371 e. The van der Waals surface area contributed by atoms with E-state index in [0.717, 1.165) is 18.8 Å². The fourth-order valence-electron chi connectivity index (χ4n) is 4.72. The van der Waals surface area contributed by atoms with Crippen molar-refractivity contribution in [3.63, 3.8) is 0 Å². The van der Waals surface area contributed by atoms with E-state index >= 15 is 0 Å². The molecule has 4 fully saturated rings. The third-order valence-corrected chi connectivity index (χ3v) is 5.32. The smallest absolute Gasteiger partial charge is 0.155 e. The van der Waals surface area contributed by atoms with Crippen molar-refractivity contribution in [2.75, 3.05) is 0 Å². The van der Waals surface area contributed by atoms with E-state index in [0.29, 0.717) is 23.2 Å². The van der Waals surface area contributed by atoms with Crippen LogP contribution in [0.3, 0.4) is 0 Å². The summed E-state index contributed by atoms with van der Waals surface area (Å²) in [6, 6.07) is 0. The van der Waals surface area contributed by atoms with Crippen LogP contribution in [0.5, 0.6) is 0 Å². The first-order valence-electron chi connectivity index (χ1n) is 6.01. The molecule has 15 heavy (non-hydrogen) atoms. The van der Waals surface area contributed by atoms with Crippen LogP contribution >= 0.6 is 0 Å². The summed E-state index contributed by atoms with van der Waals surface area (Å²) in [6.45, 7) is 2.27. The maximum Gasteiger partial charge on any atom is 0.155 e. The van der Waals surface area contributed by atoms with Crippen LogP contribution in [-0.2, 0) is 9.53 Å². The normalized spacial score (nSPS) is 60.1. The third kappa shape index (κ3) is 0.840. The molecule has 80 valence electrons. The Morgan fingerprint density at radius 2 is 2.40 bits per heavy atom. The van der Waals surface area contributed by atoms with Crippen molar-refractivity contribution in [2.24, 2.45) is 17.3 Å². The standard InChI is InChI=1S/C13H16O2/c1-12-7-13-3-2-9(14)5-10(13)11(15-12)4-8(12)6-13/h2-3,8,10-11H,4-7H2,1H3/t8?,10-,11?,12-,13?/m1/s1. The molecule has 3 unspecified atom stereocenters. The van der Waals surface area contributed by atoms with Gasteiger partial charge in [0.15, 0.2) is 5.78 Å². The van der Waals surface area contributed by atoms with Gasteiger partial charge in [0.2, 0.25) is 0 Å². The third-order valence-electron chi connectivity index (χ3n) is 5.32. The molecule has 0 N–H and O–H groups in total. The van der Waals surface area contributed by atoms with Crippen LogP contribution in [0.15, 0.2) is 12.2 Å². The van der Waals surface area contributed by atoms with Crippen molar-refractivity contribution in [3.05, 3.63) is 12.2 Å². The average Bonchev–Trinajstić information content (AvgIpc) is 2.54. The molecule has 0 aromatic heterocycles. The minimum absolute atomic E-state index is 0.131. The van der Waals surface area contributed by atoms with Gasteiger partial charge in [-0.1, -0.05) is 6.08 Å². The molecule has 4 bridgehead atoms. The summed E-state index contributed by atoms with van der Waals surface area (Å²) in [6.07, 6.45) is 8.75. The van der Waals surface area contributed by atoms with Crippen LogP contribution in [0.1, 0.15) is 32.6 Å². The molecule has 2 nitrogen and oxygen atoms in total. The Morgan fingerprint density at radius 1 is 1.53 bits per heavy atom. The number of carbonyl (C=O) groups excluding carboxylic acids is 1. The maximum absolute atomic E-state index is 11.5. The van der Waals surface area contributed by atoms with Gasteiger partial charge in [0.1, 0.15) is 0 Å². The zero-order valence-corrected chi connectivity index (χ0v) is 9.03. The van der Waals surface area contributed by atoms with E-state index in [1.807, 2.05) is 6.08 Å². The molecule has 5 rings (SSSR count). The molecule has 5 aliphatic rings. The Morgan fingerprint density at radius 3 is 3.20 bits per heavy atom. The van der Waals surface area contributed by atoms with Gasteiger partial charge in [-0.05, 0) is 43.6 Å². The number of allylic oxidation sites excluding steroid dienone is 2. The van der Waals surface area contributed by atoms with Crippen molar-refractivity contribution >= 4 is 5.78 Å². The lowest BCUT2D eigenvalue weighted by Gasteiger charge is -2.47. The number of hydrogen-bond donors (Lipinski definition) is 0. The van der Waals surface area contributed by atoms with Gasteiger partial charge in [0.25, 0.3) is 0 Å². The summed E-state index contributed by atoms with van der Waals surface area (Å²) in [5.41, 5.74) is 0.459. The van der Waals surface area contributed by atoms with E-state index in [-0.39, 0.29) is 5.60 Å². The van der Waals surface area contributed by atoms with Gasteiger partial charge in [-0.15, -0.1) is 0 Å². The first-order chi connectivity index (χ1) is 7.11. The Hall–Kier alpha value is -0.630. The molecule has 3 aliphatic carbocycles. The Kier molecular flexibility index (Phi) is 1.26. The quantitative estimate of drug-likeness (QED) is 0.604. The molecule has 5 atom stereocenters. The Labute approximate surface area is 89.7 Å². The van der Waals surface area contributed by atoms with E-state index in [4.69, 9.17) is 4.74 Å². The molecular weight excluding hydrogens is 188 g/mol. The fraction of sp³-hybridized carbons (Fsp3) is 0.769. The summed E-state index contributed by atoms with van der Waals surface area (Å²) >= 11 is 0. The highest BCUT2D eigenvalue weighted by atomic mass is 16.5. The highest BCUT2D eigenvalue weighted by Crippen LogP contribution is 2.68. The van der Waals surface area contributed by atoms with Gasteiger partial charge < -0.3 is 4.74 Å². The molecule has 2 saturated heterocycles. The van der Waals surface area contributed by atoms with Gasteiger partial charge in [-0.2, -0.15) is 0 Å². The first-order valence-corrected chi connectivity index (χ1v) is 6.01. The molecule has 2 heteroatoms. The predicted molar refractivity (Wildman–Crippen MR) is 55.3 cm³/mol. The second-order valence-corrected chi connectivity index (χ2v) is 6.13. The lowest BCUT2D eigenvalue weighted by Crippen LogP contribution is -2.46. The second kappa shape index (κ2) is 2.22. The highest BCUT2D eigenvalue weighted by molar-refractivity contribution is 5.91. The van der Waals surface area contributed by atoms with Crippen LogP contribution in [0, 0.1) is 17.3 Å². The lowest BCUT2D eigenvalue weighted by molar-refractivity contribution is -0.137. The SMILES string of the molecule is C[C@@]12CC34C=CC(=O)C[C@@H]3C(CC1C4)O2. The average molecular weight is 204 g/mol. The zero-order chi connectivity index (χ0) is 10.3. The monoisotopic (exact) mass is 204 g/mol. The Bertz CT molecular complexity index is 386. The maximum atomic E-state index is 11.5. The van der Waals surface area contributed by atoms with Crippen LogP contribution in [0.4, 0.5) is 0 Å². The van der Waals surface area contributed by atoms with E-state index in [2.05, 4.69) is 13.0 Å². The summed E-state index contributed by atoms with van der Waals surface area (Å²) < 4.78 is 6.17. The molecule has 0 aromatic carbocycles. The molecule has 0 aromatic rings.